The van der Waals surface area contributed by atoms with Crippen LogP contribution < -0.4 is 9.47 Å². The molecule has 0 saturated carbocycles. The minimum Gasteiger partial charge on any atom is -0.507 e. The summed E-state index contributed by atoms with van der Waals surface area (Å²) in [6.07, 6.45) is 11.9. The number of phenols is 3. The highest BCUT2D eigenvalue weighted by Gasteiger charge is 2.35. The number of aromatic hydroxyl groups is 3. The van der Waals surface area contributed by atoms with Crippen LogP contribution >= 0.6 is 0 Å². The standard InChI is InChI=1S/C76H88N4O12/c1-9-11-13-15-16-18-36-75(5,43-63-39-60(37-52(3)69(63)82)73(86)91-50-89-67-31-27-58(28-32-67)56-23-19-54(45-77)20-24-56)80(8)48-66-42-62(72(85)88-49-81)40-64(71(66)84)44-76(6,35-17-14-12-10-2)79(7)47-65-41-61(38-53(4)70(65)83)74(87)92-51-90-68-33-29-59(30-34-68)57-25-21-55(46-78)22-26-57/h19-34,37-42,81-84H,9-18,35-36,43-44,47-51H2,1-8H3. The molecule has 16 nitrogen and oxygen atoms in total. The molecule has 4 N–H and O–H groups in total. The monoisotopic (exact) mass is 1250 g/mol. The molecule has 0 bridgehead atoms. The smallest absolute Gasteiger partial charge is 0.341 e. The number of esters is 3. The highest BCUT2D eigenvalue weighted by atomic mass is 16.7. The number of benzene rings is 7. The van der Waals surface area contributed by atoms with Gasteiger partial charge in [0.25, 0.3) is 0 Å². The number of aliphatic hydroxyl groups is 1. The van der Waals surface area contributed by atoms with Crippen LogP contribution in [-0.4, -0.2) is 93.7 Å². The lowest BCUT2D eigenvalue weighted by molar-refractivity contribution is 0.00653. The molecule has 0 radical (unpaired) electrons. The van der Waals surface area contributed by atoms with Crippen LogP contribution in [0.2, 0.25) is 0 Å². The number of aryl methyl sites for hydroxylation is 2. The van der Waals surface area contributed by atoms with Crippen LogP contribution in [-0.2, 0) is 40.1 Å². The Labute approximate surface area is 542 Å². The maximum atomic E-state index is 13.7. The van der Waals surface area contributed by atoms with E-state index in [-0.39, 0.29) is 67.0 Å². The summed E-state index contributed by atoms with van der Waals surface area (Å²) >= 11 is 0. The van der Waals surface area contributed by atoms with Crippen molar-refractivity contribution in [1.82, 2.24) is 9.80 Å². The van der Waals surface area contributed by atoms with Gasteiger partial charge in [0.2, 0.25) is 13.6 Å². The van der Waals surface area contributed by atoms with Crippen LogP contribution in [0.5, 0.6) is 28.7 Å². The van der Waals surface area contributed by atoms with E-state index in [9.17, 15) is 40.1 Å². The fourth-order valence-corrected chi connectivity index (χ4v) is 11.7. The number of nitrogens with zero attached hydrogens (tertiary/aromatic N) is 4. The first kappa shape index (κ1) is 70.3. The van der Waals surface area contributed by atoms with Gasteiger partial charge in [-0.1, -0.05) is 127 Å². The average molecular weight is 1250 g/mol. The molecule has 92 heavy (non-hydrogen) atoms. The summed E-state index contributed by atoms with van der Waals surface area (Å²) in [6.45, 7) is 10.7. The van der Waals surface area contributed by atoms with Crippen LogP contribution in [0.1, 0.15) is 180 Å². The Morgan fingerprint density at radius 1 is 0.457 bits per heavy atom. The quantitative estimate of drug-likeness (QED) is 0.0127. The molecule has 0 fully saturated rings. The van der Waals surface area contributed by atoms with Crippen LogP contribution in [0.3, 0.4) is 0 Å². The summed E-state index contributed by atoms with van der Waals surface area (Å²) in [7, 11) is 3.88. The summed E-state index contributed by atoms with van der Waals surface area (Å²) in [5.41, 5.74) is 6.93. The van der Waals surface area contributed by atoms with E-state index in [4.69, 9.17) is 28.9 Å². The Morgan fingerprint density at radius 3 is 1.18 bits per heavy atom. The lowest BCUT2D eigenvalue weighted by atomic mass is 9.83. The minimum absolute atomic E-state index is 0.0201. The lowest BCUT2D eigenvalue weighted by Crippen LogP contribution is -2.46. The highest BCUT2D eigenvalue weighted by molar-refractivity contribution is 5.91. The van der Waals surface area contributed by atoms with Crippen molar-refractivity contribution in [3.05, 3.63) is 195 Å². The van der Waals surface area contributed by atoms with E-state index in [2.05, 4.69) is 49.6 Å². The van der Waals surface area contributed by atoms with Gasteiger partial charge in [-0.15, -0.1) is 0 Å². The van der Waals surface area contributed by atoms with E-state index in [1.807, 2.05) is 62.6 Å². The van der Waals surface area contributed by atoms with E-state index >= 15 is 0 Å². The molecular weight excluding hydrogens is 1160 g/mol. The average Bonchev–Trinajstić information content (AvgIpc) is 0.806. The number of ether oxygens (including phenoxy) is 5. The van der Waals surface area contributed by atoms with Gasteiger partial charge in [0.15, 0.2) is 6.79 Å². The maximum absolute atomic E-state index is 13.7. The van der Waals surface area contributed by atoms with Gasteiger partial charge in [-0.3, -0.25) is 9.80 Å². The Kier molecular flexibility index (Phi) is 25.8. The number of carbonyl (C=O) groups is 3. The number of carbonyl (C=O) groups excluding carboxylic acids is 3. The molecule has 0 aliphatic carbocycles. The van der Waals surface area contributed by atoms with Gasteiger partial charge in [0.05, 0.1) is 40.0 Å². The molecule has 0 saturated heterocycles. The summed E-state index contributed by atoms with van der Waals surface area (Å²) in [5.74, 6) is -1.03. The molecule has 2 atom stereocenters. The summed E-state index contributed by atoms with van der Waals surface area (Å²) in [5, 5.41) is 64.1. The molecule has 0 aromatic heterocycles. The van der Waals surface area contributed by atoms with Crippen molar-refractivity contribution in [2.24, 2.45) is 0 Å². The van der Waals surface area contributed by atoms with Crippen molar-refractivity contribution in [1.29, 1.82) is 10.5 Å². The Bertz CT molecular complexity index is 3690. The number of rotatable bonds is 34. The zero-order chi connectivity index (χ0) is 66.4. The van der Waals surface area contributed by atoms with Crippen molar-refractivity contribution >= 4 is 17.9 Å². The number of hydrogen-bond acceptors (Lipinski definition) is 16. The minimum atomic E-state index is -0.852. The maximum Gasteiger partial charge on any atom is 0.341 e. The van der Waals surface area contributed by atoms with E-state index in [1.165, 1.54) is 0 Å². The van der Waals surface area contributed by atoms with Crippen LogP contribution in [0.25, 0.3) is 22.3 Å². The molecule has 2 unspecified atom stereocenters. The SMILES string of the molecule is CCCCCCCCC(C)(Cc1cc(C(=O)OCOc2ccc(-c3ccc(C#N)cc3)cc2)cc(C)c1O)N(C)Cc1cc(C(=O)OCO)cc(CC(C)(CCCCCC)N(C)Cc2cc(C(=O)OCOc3ccc(-c4ccc(C#N)cc4)cc3)cc(C)c2O)c1O. The van der Waals surface area contributed by atoms with Gasteiger partial charge < -0.3 is 44.1 Å². The number of unbranched alkanes of at least 4 members (excludes halogenated alkanes) is 8. The van der Waals surface area contributed by atoms with Crippen molar-refractivity contribution in [3.8, 4) is 63.1 Å². The first-order valence-corrected chi connectivity index (χ1v) is 31.7. The Balaban J connectivity index is 1.10. The number of aliphatic hydroxyl groups excluding tert-OH is 1. The van der Waals surface area contributed by atoms with Gasteiger partial charge in [-0.05, 0) is 197 Å². The molecule has 0 heterocycles. The normalized spacial score (nSPS) is 12.5. The zero-order valence-electron chi connectivity index (χ0n) is 54.5. The molecule has 7 aromatic carbocycles. The third-order valence-electron chi connectivity index (χ3n) is 17.6. The predicted octanol–water partition coefficient (Wildman–Crippen LogP) is 15.6. The van der Waals surface area contributed by atoms with Gasteiger partial charge in [0, 0.05) is 35.3 Å². The highest BCUT2D eigenvalue weighted by Crippen LogP contribution is 2.39. The van der Waals surface area contributed by atoms with E-state index in [0.29, 0.717) is 75.3 Å². The van der Waals surface area contributed by atoms with Gasteiger partial charge in [-0.25, -0.2) is 14.4 Å². The second-order valence-electron chi connectivity index (χ2n) is 24.5. The van der Waals surface area contributed by atoms with Crippen molar-refractivity contribution in [2.45, 2.75) is 156 Å². The molecule has 484 valence electrons. The first-order valence-electron chi connectivity index (χ1n) is 31.7. The van der Waals surface area contributed by atoms with Crippen LogP contribution in [0.4, 0.5) is 0 Å². The molecule has 7 rings (SSSR count). The number of phenolic OH excluding ortho intramolecular Hbond substituents is 3. The Hall–Kier alpha value is -9.19. The lowest BCUT2D eigenvalue weighted by Gasteiger charge is -2.41. The Morgan fingerprint density at radius 2 is 0.783 bits per heavy atom. The van der Waals surface area contributed by atoms with Crippen LogP contribution in [0, 0.1) is 36.5 Å². The van der Waals surface area contributed by atoms with Gasteiger partial charge in [0.1, 0.15) is 28.7 Å². The largest absolute Gasteiger partial charge is 0.507 e. The third-order valence-corrected chi connectivity index (χ3v) is 17.6. The fourth-order valence-electron chi connectivity index (χ4n) is 11.7. The molecule has 7 aromatic rings. The molecule has 0 aliphatic heterocycles. The molecule has 0 spiro atoms. The van der Waals surface area contributed by atoms with Gasteiger partial charge in [-0.2, -0.15) is 10.5 Å². The third kappa shape index (κ3) is 19.2. The van der Waals surface area contributed by atoms with E-state index < -0.39 is 35.8 Å². The van der Waals surface area contributed by atoms with Crippen molar-refractivity contribution in [3.63, 3.8) is 0 Å². The summed E-state index contributed by atoms with van der Waals surface area (Å²) < 4.78 is 28.0. The second kappa shape index (κ2) is 33.8. The van der Waals surface area contributed by atoms with Crippen LogP contribution in [0.15, 0.2) is 133 Å². The molecule has 0 amide bonds. The number of hydrogen-bond donors (Lipinski definition) is 4. The van der Waals surface area contributed by atoms with E-state index in [1.54, 1.807) is 98.8 Å². The molecule has 0 aliphatic rings. The van der Waals surface area contributed by atoms with E-state index in [0.717, 1.165) is 86.5 Å². The molecule has 16 heteroatoms. The topological polar surface area (TPSA) is 232 Å². The zero-order valence-corrected chi connectivity index (χ0v) is 54.5. The predicted molar refractivity (Wildman–Crippen MR) is 355 cm³/mol. The molecular formula is C76H88N4O12. The first-order chi connectivity index (χ1) is 44.2. The van der Waals surface area contributed by atoms with Crippen molar-refractivity contribution in [2.75, 3.05) is 34.5 Å². The second-order valence-corrected chi connectivity index (χ2v) is 24.5. The van der Waals surface area contributed by atoms with Gasteiger partial charge >= 0.3 is 17.9 Å². The summed E-state index contributed by atoms with van der Waals surface area (Å²) in [6, 6.07) is 43.0. The number of likely N-dealkylation sites (N-methyl/N-ethyl adjacent to an activating group) is 2. The number of nitriles is 2. The fraction of sp³-hybridized carbons (Fsp3) is 0.382. The van der Waals surface area contributed by atoms with Crippen molar-refractivity contribution < 1.29 is 58.5 Å². The summed E-state index contributed by atoms with van der Waals surface area (Å²) in [4.78, 5) is 45.3.